The van der Waals surface area contributed by atoms with Crippen LogP contribution in [-0.4, -0.2) is 47.3 Å². The van der Waals surface area contributed by atoms with Crippen molar-refractivity contribution in [1.82, 2.24) is 14.9 Å². The van der Waals surface area contributed by atoms with Gasteiger partial charge < -0.3 is 0 Å². The van der Waals surface area contributed by atoms with Gasteiger partial charge in [0.05, 0.1) is 11.9 Å². The van der Waals surface area contributed by atoms with Crippen LogP contribution in [0, 0.1) is 0 Å². The molecule has 1 aromatic heterocycles. The lowest BCUT2D eigenvalue weighted by molar-refractivity contribution is 0.131. The first-order valence-corrected chi connectivity index (χ1v) is 7.85. The maximum atomic E-state index is 6.22. The molecular weight excluding hydrogens is 296 g/mol. The highest BCUT2D eigenvalue weighted by Gasteiger charge is 2.16. The highest BCUT2D eigenvalue weighted by Crippen LogP contribution is 2.17. The standard InChI is InChI=1S/C17H19ClN4/c18-17-7-2-1-5-15(17)14-21-9-11-22(12-10-21)20-13-16-6-3-4-8-19-16/h1-8,13H,9-12,14H2/b20-13-. The number of hydrazone groups is 1. The third-order valence-corrected chi connectivity index (χ3v) is 4.11. The van der Waals surface area contributed by atoms with Crippen molar-refractivity contribution in [2.24, 2.45) is 5.10 Å². The molecule has 0 unspecified atom stereocenters. The van der Waals surface area contributed by atoms with Crippen molar-refractivity contribution in [3.8, 4) is 0 Å². The van der Waals surface area contributed by atoms with E-state index in [-0.39, 0.29) is 0 Å². The predicted octanol–water partition coefficient (Wildman–Crippen LogP) is 2.89. The first-order chi connectivity index (χ1) is 10.8. The summed E-state index contributed by atoms with van der Waals surface area (Å²) in [4.78, 5) is 6.65. The molecule has 0 N–H and O–H groups in total. The maximum absolute atomic E-state index is 6.22. The van der Waals surface area contributed by atoms with E-state index >= 15 is 0 Å². The molecule has 1 saturated heterocycles. The van der Waals surface area contributed by atoms with Gasteiger partial charge in [0, 0.05) is 43.9 Å². The molecule has 2 heterocycles. The molecule has 0 amide bonds. The minimum atomic E-state index is 0.845. The van der Waals surface area contributed by atoms with Gasteiger partial charge in [0.2, 0.25) is 0 Å². The van der Waals surface area contributed by atoms with Gasteiger partial charge in [-0.1, -0.05) is 35.9 Å². The fourth-order valence-electron chi connectivity index (χ4n) is 2.47. The maximum Gasteiger partial charge on any atom is 0.0830 e. The van der Waals surface area contributed by atoms with Gasteiger partial charge in [0.15, 0.2) is 0 Å². The summed E-state index contributed by atoms with van der Waals surface area (Å²) in [7, 11) is 0. The molecule has 1 aliphatic heterocycles. The van der Waals surface area contributed by atoms with E-state index in [1.807, 2.05) is 42.6 Å². The smallest absolute Gasteiger partial charge is 0.0830 e. The minimum Gasteiger partial charge on any atom is -0.295 e. The number of hydrogen-bond donors (Lipinski definition) is 0. The Morgan fingerprint density at radius 1 is 1.05 bits per heavy atom. The number of benzene rings is 1. The molecule has 2 aromatic rings. The summed E-state index contributed by atoms with van der Waals surface area (Å²) in [5.41, 5.74) is 2.08. The van der Waals surface area contributed by atoms with Crippen molar-refractivity contribution in [3.05, 3.63) is 64.9 Å². The number of hydrogen-bond acceptors (Lipinski definition) is 4. The zero-order chi connectivity index (χ0) is 15.2. The summed E-state index contributed by atoms with van der Waals surface area (Å²) in [6.07, 6.45) is 3.60. The summed E-state index contributed by atoms with van der Waals surface area (Å²) >= 11 is 6.22. The molecule has 0 atom stereocenters. The molecular formula is C17H19ClN4. The Bertz CT molecular complexity index is 622. The van der Waals surface area contributed by atoms with Gasteiger partial charge in [0.1, 0.15) is 0 Å². The van der Waals surface area contributed by atoms with Crippen molar-refractivity contribution in [2.75, 3.05) is 26.2 Å². The van der Waals surface area contributed by atoms with Gasteiger partial charge in [-0.05, 0) is 23.8 Å². The second kappa shape index (κ2) is 7.38. The Morgan fingerprint density at radius 3 is 2.55 bits per heavy atom. The zero-order valence-corrected chi connectivity index (χ0v) is 13.2. The van der Waals surface area contributed by atoms with Gasteiger partial charge >= 0.3 is 0 Å². The van der Waals surface area contributed by atoms with Crippen LogP contribution in [0.25, 0.3) is 0 Å². The van der Waals surface area contributed by atoms with Crippen LogP contribution in [0.3, 0.4) is 0 Å². The fourth-order valence-corrected chi connectivity index (χ4v) is 2.67. The lowest BCUT2D eigenvalue weighted by Crippen LogP contribution is -2.43. The number of pyridine rings is 1. The Balaban J connectivity index is 1.50. The van der Waals surface area contributed by atoms with Crippen LogP contribution < -0.4 is 0 Å². The first-order valence-electron chi connectivity index (χ1n) is 7.47. The SMILES string of the molecule is Clc1ccccc1CN1CCN(/N=C\c2ccccn2)CC1. The van der Waals surface area contributed by atoms with Crippen LogP contribution in [0.2, 0.25) is 5.02 Å². The number of nitrogens with zero attached hydrogens (tertiary/aromatic N) is 4. The molecule has 4 nitrogen and oxygen atoms in total. The van der Waals surface area contributed by atoms with Crippen LogP contribution >= 0.6 is 11.6 Å². The lowest BCUT2D eigenvalue weighted by atomic mass is 10.2. The van der Waals surface area contributed by atoms with E-state index in [2.05, 4.69) is 26.1 Å². The lowest BCUT2D eigenvalue weighted by Gasteiger charge is -2.33. The van der Waals surface area contributed by atoms with Crippen molar-refractivity contribution < 1.29 is 0 Å². The van der Waals surface area contributed by atoms with Crippen LogP contribution in [0.15, 0.2) is 53.8 Å². The first kappa shape index (κ1) is 15.0. The van der Waals surface area contributed by atoms with Gasteiger partial charge in [-0.3, -0.25) is 14.9 Å². The quantitative estimate of drug-likeness (QED) is 0.813. The topological polar surface area (TPSA) is 31.7 Å². The Hall–Kier alpha value is -1.91. The van der Waals surface area contributed by atoms with Crippen molar-refractivity contribution >= 4 is 17.8 Å². The molecule has 1 aliphatic rings. The molecule has 0 aliphatic carbocycles. The van der Waals surface area contributed by atoms with E-state index < -0.39 is 0 Å². The molecule has 5 heteroatoms. The van der Waals surface area contributed by atoms with Crippen molar-refractivity contribution in [2.45, 2.75) is 6.54 Å². The van der Waals surface area contributed by atoms with Crippen molar-refractivity contribution in [3.63, 3.8) is 0 Å². The van der Waals surface area contributed by atoms with E-state index in [1.54, 1.807) is 6.20 Å². The van der Waals surface area contributed by atoms with E-state index in [0.29, 0.717) is 0 Å². The molecule has 0 spiro atoms. The molecule has 22 heavy (non-hydrogen) atoms. The van der Waals surface area contributed by atoms with Gasteiger partial charge in [-0.15, -0.1) is 0 Å². The number of piperazine rings is 1. The van der Waals surface area contributed by atoms with E-state index in [4.69, 9.17) is 11.6 Å². The number of aromatic nitrogens is 1. The Labute approximate surface area is 136 Å². The molecule has 0 radical (unpaired) electrons. The van der Waals surface area contributed by atoms with Gasteiger partial charge in [-0.2, -0.15) is 5.10 Å². The average molecular weight is 315 g/mol. The highest BCUT2D eigenvalue weighted by molar-refractivity contribution is 6.31. The molecule has 1 aromatic carbocycles. The summed E-state index contributed by atoms with van der Waals surface area (Å²) < 4.78 is 0. The summed E-state index contributed by atoms with van der Waals surface area (Å²) in [6.45, 7) is 4.73. The normalized spacial score (nSPS) is 16.3. The van der Waals surface area contributed by atoms with Crippen LogP contribution in [-0.2, 0) is 6.54 Å². The fraction of sp³-hybridized carbons (Fsp3) is 0.294. The predicted molar refractivity (Wildman–Crippen MR) is 90.1 cm³/mol. The van der Waals surface area contributed by atoms with Crippen molar-refractivity contribution in [1.29, 1.82) is 0 Å². The van der Waals surface area contributed by atoms with Gasteiger partial charge in [0.25, 0.3) is 0 Å². The molecule has 0 saturated carbocycles. The second-order valence-corrected chi connectivity index (χ2v) is 5.73. The summed E-state index contributed by atoms with van der Waals surface area (Å²) in [6, 6.07) is 13.9. The van der Waals surface area contributed by atoms with Crippen LogP contribution in [0.5, 0.6) is 0 Å². The van der Waals surface area contributed by atoms with E-state index in [0.717, 1.165) is 43.4 Å². The largest absolute Gasteiger partial charge is 0.295 e. The molecule has 114 valence electrons. The molecule has 0 bridgehead atoms. The third kappa shape index (κ3) is 4.06. The average Bonchev–Trinajstić information content (AvgIpc) is 2.57. The Kier molecular flexibility index (Phi) is 5.03. The minimum absolute atomic E-state index is 0.845. The van der Waals surface area contributed by atoms with Gasteiger partial charge in [-0.25, -0.2) is 0 Å². The molecule has 1 fully saturated rings. The number of rotatable bonds is 4. The Morgan fingerprint density at radius 2 is 1.82 bits per heavy atom. The van der Waals surface area contributed by atoms with Crippen LogP contribution in [0.4, 0.5) is 0 Å². The summed E-state index contributed by atoms with van der Waals surface area (Å²) in [5.74, 6) is 0. The molecule has 3 rings (SSSR count). The second-order valence-electron chi connectivity index (χ2n) is 5.32. The summed E-state index contributed by atoms with van der Waals surface area (Å²) in [5, 5.41) is 7.45. The number of halogens is 1. The monoisotopic (exact) mass is 314 g/mol. The van der Waals surface area contributed by atoms with Crippen LogP contribution in [0.1, 0.15) is 11.3 Å². The highest BCUT2D eigenvalue weighted by atomic mass is 35.5. The van der Waals surface area contributed by atoms with E-state index in [1.165, 1.54) is 5.56 Å². The van der Waals surface area contributed by atoms with E-state index in [9.17, 15) is 0 Å². The zero-order valence-electron chi connectivity index (χ0n) is 12.4. The third-order valence-electron chi connectivity index (χ3n) is 3.74.